The Kier molecular flexibility index (Phi) is 5.24. The predicted molar refractivity (Wildman–Crippen MR) is 108 cm³/mol. The molecule has 2 saturated heterocycles. The summed E-state index contributed by atoms with van der Waals surface area (Å²) in [5, 5.41) is 1.21. The summed E-state index contributed by atoms with van der Waals surface area (Å²) in [6.45, 7) is 11.7. The minimum atomic E-state index is 0.167. The van der Waals surface area contributed by atoms with Crippen LogP contribution in [0.2, 0.25) is 0 Å². The summed E-state index contributed by atoms with van der Waals surface area (Å²) >= 11 is 0. The predicted octanol–water partition coefficient (Wildman–Crippen LogP) is 3.42. The number of fused-ring (bicyclic) bond motifs is 1. The number of rotatable bonds is 3. The van der Waals surface area contributed by atoms with Gasteiger partial charge in [0.05, 0.1) is 13.2 Å². The van der Waals surface area contributed by atoms with Crippen LogP contribution in [0.4, 0.5) is 0 Å². The Morgan fingerprint density at radius 3 is 2.59 bits per heavy atom. The zero-order chi connectivity index (χ0) is 19.0. The number of amides is 1. The summed E-state index contributed by atoms with van der Waals surface area (Å²) in [5.74, 6) is 0.167. The van der Waals surface area contributed by atoms with Crippen molar-refractivity contribution in [2.75, 3.05) is 39.4 Å². The molecule has 2 aliphatic heterocycles. The Morgan fingerprint density at radius 1 is 1.11 bits per heavy atom. The maximum atomic E-state index is 13.5. The third-order valence-corrected chi connectivity index (χ3v) is 6.30. The van der Waals surface area contributed by atoms with E-state index in [1.54, 1.807) is 0 Å². The number of benzene rings is 1. The Hall–Kier alpha value is -1.85. The van der Waals surface area contributed by atoms with E-state index < -0.39 is 0 Å². The molecule has 0 spiro atoms. The summed E-state index contributed by atoms with van der Waals surface area (Å²) in [5.41, 5.74) is 5.40. The molecular formula is C22H31N3O2. The van der Waals surface area contributed by atoms with Crippen LogP contribution in [0.15, 0.2) is 12.1 Å². The van der Waals surface area contributed by atoms with Crippen molar-refractivity contribution in [2.45, 2.75) is 46.1 Å². The van der Waals surface area contributed by atoms with Gasteiger partial charge in [-0.05, 0) is 56.7 Å². The van der Waals surface area contributed by atoms with E-state index in [-0.39, 0.29) is 5.91 Å². The number of nitrogens with one attached hydrogen (secondary N) is 1. The van der Waals surface area contributed by atoms with Gasteiger partial charge in [-0.3, -0.25) is 9.69 Å². The summed E-state index contributed by atoms with van der Waals surface area (Å²) in [7, 11) is 0. The van der Waals surface area contributed by atoms with E-state index >= 15 is 0 Å². The summed E-state index contributed by atoms with van der Waals surface area (Å²) in [4.78, 5) is 21.6. The van der Waals surface area contributed by atoms with Crippen molar-refractivity contribution >= 4 is 16.8 Å². The lowest BCUT2D eigenvalue weighted by Crippen LogP contribution is -2.51. The van der Waals surface area contributed by atoms with Crippen molar-refractivity contribution in [3.63, 3.8) is 0 Å². The molecule has 0 bridgehead atoms. The van der Waals surface area contributed by atoms with Gasteiger partial charge in [-0.15, -0.1) is 0 Å². The number of aromatic nitrogens is 1. The van der Waals surface area contributed by atoms with Crippen LogP contribution in [0.25, 0.3) is 10.9 Å². The van der Waals surface area contributed by atoms with Crippen molar-refractivity contribution in [1.82, 2.24) is 14.8 Å². The third kappa shape index (κ3) is 3.50. The highest BCUT2D eigenvalue weighted by molar-refractivity contribution is 6.02. The van der Waals surface area contributed by atoms with Crippen molar-refractivity contribution in [3.8, 4) is 0 Å². The molecule has 1 aromatic carbocycles. The number of hydrogen-bond acceptors (Lipinski definition) is 3. The van der Waals surface area contributed by atoms with Crippen LogP contribution in [0.3, 0.4) is 0 Å². The maximum absolute atomic E-state index is 13.5. The van der Waals surface area contributed by atoms with Crippen molar-refractivity contribution in [2.24, 2.45) is 0 Å². The first-order valence-corrected chi connectivity index (χ1v) is 10.3. The van der Waals surface area contributed by atoms with Gasteiger partial charge < -0.3 is 14.6 Å². The Balaban J connectivity index is 1.62. The van der Waals surface area contributed by atoms with Gasteiger partial charge in [0, 0.05) is 43.1 Å². The molecule has 5 heteroatoms. The van der Waals surface area contributed by atoms with Crippen LogP contribution < -0.4 is 0 Å². The normalized spacial score (nSPS) is 21.7. The zero-order valence-electron chi connectivity index (χ0n) is 16.8. The van der Waals surface area contributed by atoms with Gasteiger partial charge in [-0.1, -0.05) is 12.1 Å². The Labute approximate surface area is 161 Å². The lowest BCUT2D eigenvalue weighted by molar-refractivity contribution is 0.0164. The average Bonchev–Trinajstić information content (AvgIpc) is 3.04. The van der Waals surface area contributed by atoms with Gasteiger partial charge in [0.25, 0.3) is 5.91 Å². The molecular weight excluding hydrogens is 338 g/mol. The molecule has 1 unspecified atom stereocenters. The number of ether oxygens (including phenoxy) is 1. The van der Waals surface area contributed by atoms with Gasteiger partial charge in [0.2, 0.25) is 0 Å². The quantitative estimate of drug-likeness (QED) is 0.902. The summed E-state index contributed by atoms with van der Waals surface area (Å²) in [6, 6.07) is 4.58. The molecule has 3 heterocycles. The van der Waals surface area contributed by atoms with Gasteiger partial charge in [-0.2, -0.15) is 0 Å². The first-order valence-electron chi connectivity index (χ1n) is 10.3. The summed E-state index contributed by atoms with van der Waals surface area (Å²) < 4.78 is 5.48. The number of carbonyl (C=O) groups excluding carboxylic acids is 1. The fourth-order valence-electron chi connectivity index (χ4n) is 4.70. The minimum Gasteiger partial charge on any atom is -0.379 e. The molecule has 2 fully saturated rings. The van der Waals surface area contributed by atoms with E-state index in [0.717, 1.165) is 69.0 Å². The van der Waals surface area contributed by atoms with Crippen LogP contribution in [0.5, 0.6) is 0 Å². The Morgan fingerprint density at radius 2 is 1.85 bits per heavy atom. The van der Waals surface area contributed by atoms with Crippen molar-refractivity contribution < 1.29 is 9.53 Å². The van der Waals surface area contributed by atoms with Crippen LogP contribution in [0.1, 0.15) is 46.4 Å². The molecule has 0 aliphatic carbocycles. The SMILES string of the molecule is Cc1ccc(C)c2c(C)c(C(=O)N3CCCCC3CN3CCOCC3)[nH]c12. The summed E-state index contributed by atoms with van der Waals surface area (Å²) in [6.07, 6.45) is 3.41. The van der Waals surface area contributed by atoms with Crippen LogP contribution in [-0.4, -0.2) is 66.1 Å². The second-order valence-corrected chi connectivity index (χ2v) is 8.14. The monoisotopic (exact) mass is 369 g/mol. The number of carbonyl (C=O) groups is 1. The molecule has 1 aromatic heterocycles. The molecule has 0 radical (unpaired) electrons. The molecule has 27 heavy (non-hydrogen) atoms. The van der Waals surface area contributed by atoms with Crippen LogP contribution in [0, 0.1) is 20.8 Å². The average molecular weight is 370 g/mol. The lowest BCUT2D eigenvalue weighted by atomic mass is 9.99. The van der Waals surface area contributed by atoms with E-state index in [9.17, 15) is 4.79 Å². The molecule has 2 aromatic rings. The highest BCUT2D eigenvalue weighted by Crippen LogP contribution is 2.30. The van der Waals surface area contributed by atoms with E-state index in [2.05, 4.69) is 47.7 Å². The number of likely N-dealkylation sites (tertiary alicyclic amines) is 1. The van der Waals surface area contributed by atoms with E-state index in [4.69, 9.17) is 4.74 Å². The topological polar surface area (TPSA) is 48.6 Å². The minimum absolute atomic E-state index is 0.167. The fraction of sp³-hybridized carbons (Fsp3) is 0.591. The number of H-pyrrole nitrogens is 1. The van der Waals surface area contributed by atoms with Crippen LogP contribution >= 0.6 is 0 Å². The number of piperidine rings is 1. The molecule has 1 N–H and O–H groups in total. The van der Waals surface area contributed by atoms with E-state index in [0.29, 0.717) is 6.04 Å². The molecule has 1 atom stereocenters. The second-order valence-electron chi connectivity index (χ2n) is 8.14. The largest absolute Gasteiger partial charge is 0.379 e. The van der Waals surface area contributed by atoms with E-state index in [1.807, 2.05) is 0 Å². The smallest absolute Gasteiger partial charge is 0.270 e. The number of nitrogens with zero attached hydrogens (tertiary/aromatic N) is 2. The third-order valence-electron chi connectivity index (χ3n) is 6.30. The first-order chi connectivity index (χ1) is 13.1. The molecule has 1 amide bonds. The molecule has 2 aliphatic rings. The zero-order valence-corrected chi connectivity index (χ0v) is 16.8. The molecule has 5 nitrogen and oxygen atoms in total. The number of aryl methyl sites for hydroxylation is 3. The van der Waals surface area contributed by atoms with Crippen LogP contribution in [-0.2, 0) is 4.74 Å². The number of aromatic amines is 1. The van der Waals surface area contributed by atoms with Gasteiger partial charge in [0.1, 0.15) is 5.69 Å². The van der Waals surface area contributed by atoms with Gasteiger partial charge in [0.15, 0.2) is 0 Å². The van der Waals surface area contributed by atoms with Gasteiger partial charge >= 0.3 is 0 Å². The highest BCUT2D eigenvalue weighted by atomic mass is 16.5. The molecule has 0 saturated carbocycles. The number of hydrogen-bond donors (Lipinski definition) is 1. The molecule has 4 rings (SSSR count). The lowest BCUT2D eigenvalue weighted by Gasteiger charge is -2.39. The first kappa shape index (κ1) is 18.5. The van der Waals surface area contributed by atoms with Crippen molar-refractivity contribution in [1.29, 1.82) is 0 Å². The molecule has 146 valence electrons. The standard InChI is InChI=1S/C22H31N3O2/c1-15-7-8-16(2)20-19(15)17(3)21(23-20)22(26)25-9-5-4-6-18(25)14-24-10-12-27-13-11-24/h7-8,18,23H,4-6,9-14H2,1-3H3. The maximum Gasteiger partial charge on any atom is 0.270 e. The number of morpholine rings is 1. The Bertz CT molecular complexity index is 836. The second kappa shape index (κ2) is 7.64. The van der Waals surface area contributed by atoms with Crippen molar-refractivity contribution in [3.05, 3.63) is 34.5 Å². The van der Waals surface area contributed by atoms with Gasteiger partial charge in [-0.25, -0.2) is 0 Å². The highest BCUT2D eigenvalue weighted by Gasteiger charge is 2.31. The van der Waals surface area contributed by atoms with E-state index in [1.165, 1.54) is 22.9 Å². The fourth-order valence-corrected chi connectivity index (χ4v) is 4.70.